The average molecular weight is 515 g/mol. The summed E-state index contributed by atoms with van der Waals surface area (Å²) in [5.41, 5.74) is 6.32. The number of hydrogen-bond acceptors (Lipinski definition) is 5. The van der Waals surface area contributed by atoms with Crippen molar-refractivity contribution in [2.45, 2.75) is 109 Å². The van der Waals surface area contributed by atoms with Crippen molar-refractivity contribution in [2.75, 3.05) is 0 Å². The molecule has 3 rings (SSSR count). The Morgan fingerprint density at radius 3 is 2.32 bits per heavy atom. The molecule has 2 aliphatic rings. The number of nitrogens with one attached hydrogen (secondary N) is 2. The van der Waals surface area contributed by atoms with E-state index in [0.29, 0.717) is 5.56 Å². The third kappa shape index (κ3) is 8.20. The second-order valence-corrected chi connectivity index (χ2v) is 11.6. The molecule has 0 aliphatic heterocycles. The molecule has 4 atom stereocenters. The summed E-state index contributed by atoms with van der Waals surface area (Å²) in [6.07, 6.45) is 4.58. The van der Waals surface area contributed by atoms with E-state index >= 15 is 0 Å². The van der Waals surface area contributed by atoms with Gasteiger partial charge in [-0.15, -0.1) is 0 Å². The van der Waals surface area contributed by atoms with Crippen LogP contribution in [0.3, 0.4) is 0 Å². The lowest BCUT2D eigenvalue weighted by Gasteiger charge is -2.36. The zero-order valence-electron chi connectivity index (χ0n) is 22.7. The fourth-order valence-electron chi connectivity index (χ4n) is 5.01. The van der Waals surface area contributed by atoms with E-state index in [1.54, 1.807) is 25.7 Å². The number of amides is 4. The summed E-state index contributed by atoms with van der Waals surface area (Å²) in [6, 6.07) is 5.25. The number of carbonyl (C=O) groups is 4. The monoisotopic (exact) mass is 514 g/mol. The highest BCUT2D eigenvalue weighted by Crippen LogP contribution is 2.41. The minimum absolute atomic E-state index is 0.0587. The van der Waals surface area contributed by atoms with E-state index in [1.807, 2.05) is 38.1 Å². The maximum Gasteiger partial charge on any atom is 0.408 e. The van der Waals surface area contributed by atoms with E-state index in [-0.39, 0.29) is 23.9 Å². The molecule has 4 amide bonds. The molecule has 2 fully saturated rings. The lowest BCUT2D eigenvalue weighted by molar-refractivity contribution is -0.144. The van der Waals surface area contributed by atoms with Gasteiger partial charge in [0.25, 0.3) is 0 Å². The molecule has 0 bridgehead atoms. The molecular formula is C28H42N4O5. The van der Waals surface area contributed by atoms with Crippen molar-refractivity contribution in [3.05, 3.63) is 35.4 Å². The summed E-state index contributed by atoms with van der Waals surface area (Å²) in [5, 5.41) is 5.72. The Kier molecular flexibility index (Phi) is 9.21. The van der Waals surface area contributed by atoms with Crippen LogP contribution in [0.1, 0.15) is 89.8 Å². The quantitative estimate of drug-likeness (QED) is 0.464. The number of primary amides is 1. The SMILES string of the molecule is Cc1cccc(C(C(=O)NC2CCCCC2)N(C(=O)C(CC(N)=O)NC(=O)OC(C)(C)C)C2CC2C)c1. The fraction of sp³-hybridized carbons (Fsp3) is 0.643. The van der Waals surface area contributed by atoms with Gasteiger partial charge in [-0.3, -0.25) is 14.4 Å². The van der Waals surface area contributed by atoms with Crippen molar-refractivity contribution >= 4 is 23.8 Å². The fourth-order valence-corrected chi connectivity index (χ4v) is 5.01. The van der Waals surface area contributed by atoms with E-state index in [0.717, 1.165) is 44.1 Å². The highest BCUT2D eigenvalue weighted by molar-refractivity contribution is 5.95. The van der Waals surface area contributed by atoms with Crippen LogP contribution in [0, 0.1) is 12.8 Å². The Balaban J connectivity index is 1.97. The lowest BCUT2D eigenvalue weighted by atomic mass is 9.94. The van der Waals surface area contributed by atoms with Crippen molar-refractivity contribution in [3.8, 4) is 0 Å². The minimum atomic E-state index is -1.25. The van der Waals surface area contributed by atoms with E-state index in [1.165, 1.54) is 0 Å². The molecule has 9 nitrogen and oxygen atoms in total. The summed E-state index contributed by atoms with van der Waals surface area (Å²) in [5.74, 6) is -1.34. The molecule has 2 aliphatic carbocycles. The Hall–Kier alpha value is -3.10. The van der Waals surface area contributed by atoms with E-state index in [9.17, 15) is 19.2 Å². The Morgan fingerprint density at radius 2 is 1.78 bits per heavy atom. The maximum atomic E-state index is 14.1. The number of nitrogens with two attached hydrogens (primary N) is 1. The molecule has 204 valence electrons. The molecule has 1 aromatic carbocycles. The zero-order chi connectivity index (χ0) is 27.3. The third-order valence-corrected chi connectivity index (χ3v) is 6.91. The normalized spacial score (nSPS) is 21.3. The largest absolute Gasteiger partial charge is 0.444 e. The number of benzene rings is 1. The van der Waals surface area contributed by atoms with Gasteiger partial charge in [-0.2, -0.15) is 0 Å². The van der Waals surface area contributed by atoms with Gasteiger partial charge in [-0.1, -0.05) is 56.0 Å². The van der Waals surface area contributed by atoms with Crippen LogP contribution < -0.4 is 16.4 Å². The zero-order valence-corrected chi connectivity index (χ0v) is 22.7. The summed E-state index contributed by atoms with van der Waals surface area (Å²) < 4.78 is 5.33. The average Bonchev–Trinajstić information content (AvgIpc) is 3.51. The molecule has 37 heavy (non-hydrogen) atoms. The summed E-state index contributed by atoms with van der Waals surface area (Å²) in [4.78, 5) is 54.0. The van der Waals surface area contributed by atoms with E-state index in [2.05, 4.69) is 10.6 Å². The van der Waals surface area contributed by atoms with Crippen LogP contribution >= 0.6 is 0 Å². The lowest BCUT2D eigenvalue weighted by Crippen LogP contribution is -2.55. The smallest absolute Gasteiger partial charge is 0.408 e. The van der Waals surface area contributed by atoms with Crippen LogP contribution in [0.15, 0.2) is 24.3 Å². The molecule has 0 spiro atoms. The van der Waals surface area contributed by atoms with Crippen molar-refractivity contribution < 1.29 is 23.9 Å². The standard InChI is InChI=1S/C28H42N4O5/c1-17-10-9-11-19(14-17)24(25(34)30-20-12-7-6-8-13-20)32(22-15-18(22)2)26(35)21(16-23(29)33)31-27(36)37-28(3,4)5/h9-11,14,18,20-22,24H,6-8,12-13,15-16H2,1-5H3,(H2,29,33)(H,30,34)(H,31,36). The first kappa shape index (κ1) is 28.5. The molecule has 9 heteroatoms. The van der Waals surface area contributed by atoms with Crippen molar-refractivity contribution in [2.24, 2.45) is 11.7 Å². The van der Waals surface area contributed by atoms with Gasteiger partial charge >= 0.3 is 6.09 Å². The highest BCUT2D eigenvalue weighted by atomic mass is 16.6. The van der Waals surface area contributed by atoms with Gasteiger partial charge in [-0.25, -0.2) is 4.79 Å². The van der Waals surface area contributed by atoms with Crippen molar-refractivity contribution in [1.29, 1.82) is 0 Å². The summed E-state index contributed by atoms with van der Waals surface area (Å²) >= 11 is 0. The first-order chi connectivity index (χ1) is 17.4. The highest BCUT2D eigenvalue weighted by Gasteiger charge is 2.48. The van der Waals surface area contributed by atoms with Gasteiger partial charge in [-0.05, 0) is 58.4 Å². The van der Waals surface area contributed by atoms with Crippen LogP contribution in [0.4, 0.5) is 4.79 Å². The van der Waals surface area contributed by atoms with Crippen LogP contribution in [0.25, 0.3) is 0 Å². The Morgan fingerprint density at radius 1 is 1.14 bits per heavy atom. The number of carbonyl (C=O) groups excluding carboxylic acids is 4. The Bertz CT molecular complexity index is 999. The summed E-state index contributed by atoms with van der Waals surface area (Å²) in [6.45, 7) is 9.07. The number of nitrogens with zero attached hydrogens (tertiary/aromatic N) is 1. The third-order valence-electron chi connectivity index (χ3n) is 6.91. The molecule has 1 aromatic rings. The first-order valence-corrected chi connectivity index (χ1v) is 13.3. The van der Waals surface area contributed by atoms with Gasteiger partial charge in [0.15, 0.2) is 0 Å². The van der Waals surface area contributed by atoms with Crippen LogP contribution in [0.5, 0.6) is 0 Å². The van der Waals surface area contributed by atoms with Crippen molar-refractivity contribution in [3.63, 3.8) is 0 Å². The Labute approximate surface area is 219 Å². The van der Waals surface area contributed by atoms with Crippen LogP contribution in [-0.2, 0) is 19.1 Å². The van der Waals surface area contributed by atoms with E-state index < -0.39 is 42.0 Å². The number of alkyl carbamates (subject to hydrolysis) is 1. The van der Waals surface area contributed by atoms with E-state index in [4.69, 9.17) is 10.5 Å². The van der Waals surface area contributed by atoms with Gasteiger partial charge in [0.1, 0.15) is 17.7 Å². The molecule has 2 saturated carbocycles. The second kappa shape index (κ2) is 12.0. The topological polar surface area (TPSA) is 131 Å². The van der Waals surface area contributed by atoms with Crippen molar-refractivity contribution in [1.82, 2.24) is 15.5 Å². The molecule has 0 radical (unpaired) electrons. The molecule has 4 N–H and O–H groups in total. The number of ether oxygens (including phenoxy) is 1. The number of hydrogen-bond donors (Lipinski definition) is 3. The van der Waals surface area contributed by atoms with Gasteiger partial charge in [0, 0.05) is 12.1 Å². The number of rotatable bonds is 9. The van der Waals surface area contributed by atoms with Gasteiger partial charge in [0.2, 0.25) is 17.7 Å². The molecule has 0 heterocycles. The molecular weight excluding hydrogens is 472 g/mol. The maximum absolute atomic E-state index is 14.1. The van der Waals surface area contributed by atoms with Crippen LogP contribution in [-0.4, -0.2) is 52.4 Å². The predicted molar refractivity (Wildman–Crippen MR) is 140 cm³/mol. The van der Waals surface area contributed by atoms with Gasteiger partial charge < -0.3 is 26.0 Å². The van der Waals surface area contributed by atoms with Crippen LogP contribution in [0.2, 0.25) is 0 Å². The minimum Gasteiger partial charge on any atom is -0.444 e. The second-order valence-electron chi connectivity index (χ2n) is 11.6. The van der Waals surface area contributed by atoms with Gasteiger partial charge in [0.05, 0.1) is 6.42 Å². The predicted octanol–water partition coefficient (Wildman–Crippen LogP) is 3.49. The molecule has 0 aromatic heterocycles. The summed E-state index contributed by atoms with van der Waals surface area (Å²) in [7, 11) is 0. The molecule has 4 unspecified atom stereocenters. The molecule has 0 saturated heterocycles. The number of aryl methyl sites for hydroxylation is 1. The first-order valence-electron chi connectivity index (χ1n) is 13.3.